The second kappa shape index (κ2) is 3.76. The van der Waals surface area contributed by atoms with Crippen LogP contribution in [0.1, 0.15) is 13.3 Å². The van der Waals surface area contributed by atoms with Crippen molar-refractivity contribution in [1.82, 2.24) is 0 Å². The maximum absolute atomic E-state index is 10.6. The van der Waals surface area contributed by atoms with Gasteiger partial charge in [0.2, 0.25) is 0 Å². The Morgan fingerprint density at radius 3 is 2.30 bits per heavy atom. The van der Waals surface area contributed by atoms with Crippen LogP contribution in [0, 0.1) is 5.41 Å². The summed E-state index contributed by atoms with van der Waals surface area (Å²) in [6, 6.07) is 0. The summed E-state index contributed by atoms with van der Waals surface area (Å²) < 4.78 is 4.15. The molecule has 1 N–H and O–H groups in total. The molecule has 0 aliphatic heterocycles. The van der Waals surface area contributed by atoms with E-state index in [1.165, 1.54) is 0 Å². The minimum atomic E-state index is -0.869. The summed E-state index contributed by atoms with van der Waals surface area (Å²) in [4.78, 5) is 21.0. The molecule has 0 amide bonds. The van der Waals surface area contributed by atoms with Crippen molar-refractivity contribution in [1.29, 1.82) is 5.41 Å². The van der Waals surface area contributed by atoms with Crippen LogP contribution < -0.4 is 0 Å². The van der Waals surface area contributed by atoms with Crippen molar-refractivity contribution in [3.8, 4) is 0 Å². The van der Waals surface area contributed by atoms with Gasteiger partial charge in [0.1, 0.15) is 0 Å². The van der Waals surface area contributed by atoms with Crippen LogP contribution in [0.5, 0.6) is 0 Å². The van der Waals surface area contributed by atoms with Gasteiger partial charge in [-0.1, -0.05) is 6.92 Å². The Morgan fingerprint density at radius 1 is 1.50 bits per heavy atom. The van der Waals surface area contributed by atoms with E-state index in [2.05, 4.69) is 4.74 Å². The monoisotopic (exact) mass is 143 g/mol. The van der Waals surface area contributed by atoms with E-state index in [1.54, 1.807) is 6.92 Å². The van der Waals surface area contributed by atoms with Crippen LogP contribution in [0.25, 0.3) is 0 Å². The van der Waals surface area contributed by atoms with Crippen LogP contribution in [0.2, 0.25) is 0 Å². The third-order valence-corrected chi connectivity index (χ3v) is 0.989. The lowest BCUT2D eigenvalue weighted by Gasteiger charge is -1.96. The van der Waals surface area contributed by atoms with Crippen molar-refractivity contribution < 1.29 is 14.3 Å². The molecule has 0 aromatic heterocycles. The van der Waals surface area contributed by atoms with Crippen LogP contribution in [0.4, 0.5) is 0 Å². The molecule has 56 valence electrons. The lowest BCUT2D eigenvalue weighted by molar-refractivity contribution is -0.133. The van der Waals surface area contributed by atoms with E-state index in [4.69, 9.17) is 5.41 Å². The van der Waals surface area contributed by atoms with Crippen molar-refractivity contribution >= 4 is 17.5 Å². The van der Waals surface area contributed by atoms with Gasteiger partial charge in [-0.25, -0.2) is 4.79 Å². The largest absolute Gasteiger partial charge is 0.464 e. The van der Waals surface area contributed by atoms with E-state index in [0.717, 1.165) is 7.11 Å². The van der Waals surface area contributed by atoms with Gasteiger partial charge >= 0.3 is 5.97 Å². The highest BCUT2D eigenvalue weighted by atomic mass is 16.5. The van der Waals surface area contributed by atoms with Gasteiger partial charge in [-0.2, -0.15) is 0 Å². The minimum absolute atomic E-state index is 0.161. The molecule has 4 heteroatoms. The van der Waals surface area contributed by atoms with Crippen molar-refractivity contribution in [2.45, 2.75) is 13.3 Å². The van der Waals surface area contributed by atoms with Crippen molar-refractivity contribution in [3.63, 3.8) is 0 Å². The molecule has 0 spiro atoms. The van der Waals surface area contributed by atoms with Crippen molar-refractivity contribution in [2.75, 3.05) is 7.11 Å². The molecule has 0 unspecified atom stereocenters. The van der Waals surface area contributed by atoms with Crippen LogP contribution in [0.15, 0.2) is 0 Å². The molecule has 0 aliphatic rings. The van der Waals surface area contributed by atoms with Crippen LogP contribution in [0.3, 0.4) is 0 Å². The zero-order valence-corrected chi connectivity index (χ0v) is 5.93. The fraction of sp³-hybridized carbons (Fsp3) is 0.500. The highest BCUT2D eigenvalue weighted by Crippen LogP contribution is 1.86. The number of carbonyl (C=O) groups excluding carboxylic acids is 2. The SMILES string of the molecule is CCC(=O)C(=N)C(=O)OC. The maximum Gasteiger partial charge on any atom is 0.359 e. The average molecular weight is 143 g/mol. The average Bonchev–Trinajstić information content (AvgIpc) is 2.00. The molecule has 0 aromatic carbocycles. The van der Waals surface area contributed by atoms with Crippen LogP contribution in [-0.4, -0.2) is 24.6 Å². The standard InChI is InChI=1S/C6H9NO3/c1-3-4(8)5(7)6(9)10-2/h7H,3H2,1-2H3. The third kappa shape index (κ3) is 1.97. The molecule has 0 radical (unpaired) electrons. The van der Waals surface area contributed by atoms with E-state index >= 15 is 0 Å². The van der Waals surface area contributed by atoms with E-state index < -0.39 is 17.5 Å². The molecule has 0 aliphatic carbocycles. The Morgan fingerprint density at radius 2 is 2.00 bits per heavy atom. The fourth-order valence-corrected chi connectivity index (χ4v) is 0.393. The molecule has 0 rings (SSSR count). The second-order valence-corrected chi connectivity index (χ2v) is 1.64. The highest BCUT2D eigenvalue weighted by molar-refractivity contribution is 6.63. The number of methoxy groups -OCH3 is 1. The van der Waals surface area contributed by atoms with Gasteiger partial charge in [0.15, 0.2) is 11.5 Å². The van der Waals surface area contributed by atoms with Crippen LogP contribution >= 0.6 is 0 Å². The fourth-order valence-electron chi connectivity index (χ4n) is 0.393. The second-order valence-electron chi connectivity index (χ2n) is 1.64. The molecule has 0 heterocycles. The first kappa shape index (κ1) is 8.81. The Labute approximate surface area is 58.7 Å². The van der Waals surface area contributed by atoms with Crippen molar-refractivity contribution in [2.24, 2.45) is 0 Å². The normalized spacial score (nSPS) is 8.60. The van der Waals surface area contributed by atoms with E-state index in [9.17, 15) is 9.59 Å². The molecule has 4 nitrogen and oxygen atoms in total. The molecular formula is C6H9NO3. The maximum atomic E-state index is 10.6. The number of carbonyl (C=O) groups is 2. The Bertz CT molecular complexity index is 156. The van der Waals surface area contributed by atoms with Gasteiger partial charge in [-0.05, 0) is 0 Å². The van der Waals surface area contributed by atoms with Crippen LogP contribution in [-0.2, 0) is 14.3 Å². The first-order valence-electron chi connectivity index (χ1n) is 2.83. The molecule has 10 heavy (non-hydrogen) atoms. The predicted molar refractivity (Wildman–Crippen MR) is 35.0 cm³/mol. The van der Waals surface area contributed by atoms with Gasteiger partial charge in [-0.15, -0.1) is 0 Å². The number of hydrogen-bond acceptors (Lipinski definition) is 4. The lowest BCUT2D eigenvalue weighted by Crippen LogP contribution is -2.23. The van der Waals surface area contributed by atoms with Gasteiger partial charge in [0.25, 0.3) is 0 Å². The van der Waals surface area contributed by atoms with E-state index in [1.807, 2.05) is 0 Å². The summed E-state index contributed by atoms with van der Waals surface area (Å²) in [5, 5.41) is 6.88. The van der Waals surface area contributed by atoms with Gasteiger partial charge in [0, 0.05) is 6.42 Å². The Kier molecular flexibility index (Phi) is 3.32. The summed E-state index contributed by atoms with van der Waals surface area (Å²) in [5.41, 5.74) is -0.579. The summed E-state index contributed by atoms with van der Waals surface area (Å²) in [7, 11) is 1.14. The molecule has 0 aromatic rings. The summed E-state index contributed by atoms with van der Waals surface area (Å²) in [6.07, 6.45) is 0.161. The molecule has 0 atom stereocenters. The summed E-state index contributed by atoms with van der Waals surface area (Å²) in [6.45, 7) is 1.58. The lowest BCUT2D eigenvalue weighted by atomic mass is 10.2. The molecule has 0 fully saturated rings. The molecular weight excluding hydrogens is 134 g/mol. The number of esters is 1. The number of hydrogen-bond donors (Lipinski definition) is 1. The number of ketones is 1. The van der Waals surface area contributed by atoms with E-state index in [0.29, 0.717) is 0 Å². The molecule has 0 saturated heterocycles. The molecule has 0 bridgehead atoms. The summed E-state index contributed by atoms with van der Waals surface area (Å²) in [5.74, 6) is -1.36. The first-order valence-corrected chi connectivity index (χ1v) is 2.83. The van der Waals surface area contributed by atoms with E-state index in [-0.39, 0.29) is 6.42 Å². The minimum Gasteiger partial charge on any atom is -0.464 e. The smallest absolute Gasteiger partial charge is 0.359 e. The number of ether oxygens (including phenoxy) is 1. The topological polar surface area (TPSA) is 67.2 Å². The van der Waals surface area contributed by atoms with Gasteiger partial charge < -0.3 is 4.74 Å². The van der Waals surface area contributed by atoms with Gasteiger partial charge in [0.05, 0.1) is 7.11 Å². The van der Waals surface area contributed by atoms with Crippen molar-refractivity contribution in [3.05, 3.63) is 0 Å². The number of rotatable bonds is 3. The molecule has 0 saturated carbocycles. The number of nitrogens with one attached hydrogen (secondary N) is 1. The number of Topliss-reactive ketones (excluding diaryl/α,β-unsaturated/α-hetero) is 1. The third-order valence-electron chi connectivity index (χ3n) is 0.989. The first-order chi connectivity index (χ1) is 4.63. The zero-order valence-electron chi connectivity index (χ0n) is 5.93. The Balaban J connectivity index is 4.09. The zero-order chi connectivity index (χ0) is 8.15. The quantitative estimate of drug-likeness (QED) is 0.347. The predicted octanol–water partition coefficient (Wildman–Crippen LogP) is 0.158. The Hall–Kier alpha value is -1.19. The summed E-state index contributed by atoms with van der Waals surface area (Å²) >= 11 is 0. The highest BCUT2D eigenvalue weighted by Gasteiger charge is 2.15. The van der Waals surface area contributed by atoms with Gasteiger partial charge in [-0.3, -0.25) is 10.2 Å².